The van der Waals surface area contributed by atoms with Gasteiger partial charge in [0.2, 0.25) is 5.78 Å². The minimum Gasteiger partial charge on any atom is -0.476 e. The number of Topliss-reactive ketones (excluding diaryl/α,β-unsaturated/α-hetero) is 1. The number of nitro groups is 1. The molecule has 80 valence electrons. The van der Waals surface area contributed by atoms with Crippen LogP contribution in [-0.4, -0.2) is 21.8 Å². The van der Waals surface area contributed by atoms with E-state index in [1.165, 1.54) is 12.1 Å². The second-order valence-corrected chi connectivity index (χ2v) is 2.45. The van der Waals surface area contributed by atoms with E-state index < -0.39 is 16.7 Å². The van der Waals surface area contributed by atoms with E-state index in [9.17, 15) is 19.7 Å². The Hall–Kier alpha value is -2.24. The molecule has 1 N–H and O–H groups in total. The molecule has 0 fully saturated rings. The lowest BCUT2D eigenvalue weighted by atomic mass is 10.3. The van der Waals surface area contributed by atoms with Crippen LogP contribution < -0.4 is 0 Å². The van der Waals surface area contributed by atoms with E-state index in [0.717, 1.165) is 6.92 Å². The van der Waals surface area contributed by atoms with E-state index in [1.807, 2.05) is 0 Å². The minimum absolute atomic E-state index is 0.137. The number of hydrogen-bond acceptors (Lipinski definition) is 4. The summed E-state index contributed by atoms with van der Waals surface area (Å²) in [6, 6.07) is 7.93. The Balaban J connectivity index is 0.000000288. The Labute approximate surface area is 85.3 Å². The molecule has 0 unspecified atom stereocenters. The third-order valence-corrected chi connectivity index (χ3v) is 1.27. The Morgan fingerprint density at radius 3 is 1.87 bits per heavy atom. The van der Waals surface area contributed by atoms with Gasteiger partial charge in [0.25, 0.3) is 5.69 Å². The highest BCUT2D eigenvalue weighted by Crippen LogP contribution is 2.06. The molecule has 0 aromatic heterocycles. The van der Waals surface area contributed by atoms with E-state index in [-0.39, 0.29) is 5.69 Å². The van der Waals surface area contributed by atoms with Gasteiger partial charge in [0.15, 0.2) is 0 Å². The van der Waals surface area contributed by atoms with Crippen molar-refractivity contribution < 1.29 is 19.6 Å². The number of carbonyl (C=O) groups excluding carboxylic acids is 1. The highest BCUT2D eigenvalue weighted by Gasteiger charge is 1.99. The molecule has 0 spiro atoms. The number of aliphatic carboxylic acids is 1. The molecule has 0 amide bonds. The molecule has 1 aromatic carbocycles. The molecule has 0 atom stereocenters. The summed E-state index contributed by atoms with van der Waals surface area (Å²) in [5, 5.41) is 17.6. The van der Waals surface area contributed by atoms with E-state index >= 15 is 0 Å². The topological polar surface area (TPSA) is 97.5 Å². The van der Waals surface area contributed by atoms with Gasteiger partial charge in [0, 0.05) is 19.1 Å². The first-order valence-electron chi connectivity index (χ1n) is 3.88. The molecule has 6 heteroatoms. The molecule has 0 saturated carbocycles. The number of benzene rings is 1. The van der Waals surface area contributed by atoms with Crippen LogP contribution in [0.4, 0.5) is 5.69 Å². The van der Waals surface area contributed by atoms with Gasteiger partial charge in [0.05, 0.1) is 4.92 Å². The molecule has 0 heterocycles. The van der Waals surface area contributed by atoms with E-state index in [0.29, 0.717) is 0 Å². The molecular formula is C9H9NO5. The zero-order valence-electron chi connectivity index (χ0n) is 7.91. The molecule has 0 aliphatic rings. The lowest BCUT2D eigenvalue weighted by Crippen LogP contribution is -2.05. The molecule has 0 bridgehead atoms. The Morgan fingerprint density at radius 2 is 1.67 bits per heavy atom. The number of carboxylic acid groups (broad SMARTS) is 1. The van der Waals surface area contributed by atoms with Crippen molar-refractivity contribution in [1.82, 2.24) is 0 Å². The molecule has 1 rings (SSSR count). The first kappa shape index (κ1) is 12.8. The maximum atomic E-state index is 10.0. The van der Waals surface area contributed by atoms with Crippen LogP contribution in [0.25, 0.3) is 0 Å². The molecular weight excluding hydrogens is 202 g/mol. The second-order valence-electron chi connectivity index (χ2n) is 2.45. The first-order valence-corrected chi connectivity index (χ1v) is 3.88. The van der Waals surface area contributed by atoms with Crippen molar-refractivity contribution in [2.75, 3.05) is 0 Å². The van der Waals surface area contributed by atoms with Gasteiger partial charge in [-0.1, -0.05) is 18.2 Å². The van der Waals surface area contributed by atoms with Gasteiger partial charge in [0.1, 0.15) is 0 Å². The fourth-order valence-corrected chi connectivity index (χ4v) is 0.550. The third-order valence-electron chi connectivity index (χ3n) is 1.27. The molecule has 6 nitrogen and oxygen atoms in total. The molecule has 0 radical (unpaired) electrons. The SMILES string of the molecule is CC(=O)C(=O)O.O=[N+]([O-])c1ccccc1. The number of para-hydroxylation sites is 1. The summed E-state index contributed by atoms with van der Waals surface area (Å²) in [6.07, 6.45) is 0. The molecule has 0 aliphatic heterocycles. The zero-order chi connectivity index (χ0) is 11.8. The van der Waals surface area contributed by atoms with Crippen molar-refractivity contribution in [2.45, 2.75) is 6.92 Å². The standard InChI is InChI=1S/C6H5NO2.C3H4O3/c8-7(9)6-4-2-1-3-5-6;1-2(4)3(5)6/h1-5H;1H3,(H,5,6). The van der Waals surface area contributed by atoms with Gasteiger partial charge in [-0.15, -0.1) is 0 Å². The molecule has 0 saturated heterocycles. The highest BCUT2D eigenvalue weighted by molar-refractivity contribution is 6.31. The van der Waals surface area contributed by atoms with Crippen molar-refractivity contribution >= 4 is 17.4 Å². The lowest BCUT2D eigenvalue weighted by molar-refractivity contribution is -0.384. The van der Waals surface area contributed by atoms with Crippen LogP contribution in [0.2, 0.25) is 0 Å². The number of ketones is 1. The lowest BCUT2D eigenvalue weighted by Gasteiger charge is -1.85. The Bertz CT molecular complexity index is 348. The van der Waals surface area contributed by atoms with Crippen LogP contribution in [0.3, 0.4) is 0 Å². The number of nitro benzene ring substituents is 1. The van der Waals surface area contributed by atoms with Crippen molar-refractivity contribution in [2.24, 2.45) is 0 Å². The van der Waals surface area contributed by atoms with E-state index in [4.69, 9.17) is 5.11 Å². The molecule has 1 aromatic rings. The number of carboxylic acids is 1. The monoisotopic (exact) mass is 211 g/mol. The van der Waals surface area contributed by atoms with Crippen molar-refractivity contribution in [3.05, 3.63) is 40.4 Å². The summed E-state index contributed by atoms with van der Waals surface area (Å²) in [5.41, 5.74) is 0.137. The smallest absolute Gasteiger partial charge is 0.371 e. The first-order chi connectivity index (χ1) is 6.95. The normalized spacial score (nSPS) is 8.33. The van der Waals surface area contributed by atoms with Gasteiger partial charge >= 0.3 is 5.97 Å². The maximum absolute atomic E-state index is 10.0. The van der Waals surface area contributed by atoms with Crippen molar-refractivity contribution in [3.8, 4) is 0 Å². The third kappa shape index (κ3) is 5.92. The van der Waals surface area contributed by atoms with E-state index in [1.54, 1.807) is 18.2 Å². The highest BCUT2D eigenvalue weighted by atomic mass is 16.6. The molecule has 0 aliphatic carbocycles. The van der Waals surface area contributed by atoms with Crippen LogP contribution in [0.1, 0.15) is 6.92 Å². The number of carbonyl (C=O) groups is 2. The van der Waals surface area contributed by atoms with Crippen LogP contribution in [0.5, 0.6) is 0 Å². The van der Waals surface area contributed by atoms with Gasteiger partial charge in [-0.05, 0) is 0 Å². The zero-order valence-corrected chi connectivity index (χ0v) is 7.91. The second kappa shape index (κ2) is 6.25. The number of non-ortho nitro benzene ring substituents is 1. The van der Waals surface area contributed by atoms with Gasteiger partial charge in [-0.25, -0.2) is 4.79 Å². The number of hydrogen-bond donors (Lipinski definition) is 1. The summed E-state index contributed by atoms with van der Waals surface area (Å²) in [7, 11) is 0. The van der Waals surface area contributed by atoms with Crippen LogP contribution in [0, 0.1) is 10.1 Å². The predicted octanol–water partition coefficient (Wildman–Crippen LogP) is 1.25. The molecule has 15 heavy (non-hydrogen) atoms. The van der Waals surface area contributed by atoms with Crippen molar-refractivity contribution in [3.63, 3.8) is 0 Å². The van der Waals surface area contributed by atoms with E-state index in [2.05, 4.69) is 0 Å². The van der Waals surface area contributed by atoms with Gasteiger partial charge in [-0.2, -0.15) is 0 Å². The average molecular weight is 211 g/mol. The van der Waals surface area contributed by atoms with Crippen LogP contribution >= 0.6 is 0 Å². The van der Waals surface area contributed by atoms with Crippen LogP contribution in [0.15, 0.2) is 30.3 Å². The van der Waals surface area contributed by atoms with Gasteiger partial charge in [-0.3, -0.25) is 14.9 Å². The number of nitrogens with zero attached hydrogens (tertiary/aromatic N) is 1. The summed E-state index contributed by atoms with van der Waals surface area (Å²) in [5.74, 6) is -2.20. The average Bonchev–Trinajstić information content (AvgIpc) is 2.20. The van der Waals surface area contributed by atoms with Crippen LogP contribution in [-0.2, 0) is 9.59 Å². The Morgan fingerprint density at radius 1 is 1.27 bits per heavy atom. The minimum atomic E-state index is -1.38. The van der Waals surface area contributed by atoms with Crippen molar-refractivity contribution in [1.29, 1.82) is 0 Å². The summed E-state index contributed by atoms with van der Waals surface area (Å²) >= 11 is 0. The summed E-state index contributed by atoms with van der Waals surface area (Å²) < 4.78 is 0. The largest absolute Gasteiger partial charge is 0.476 e. The fourth-order valence-electron chi connectivity index (χ4n) is 0.550. The quantitative estimate of drug-likeness (QED) is 0.451. The summed E-state index contributed by atoms with van der Waals surface area (Å²) in [6.45, 7) is 1.00. The maximum Gasteiger partial charge on any atom is 0.371 e. The fraction of sp³-hybridized carbons (Fsp3) is 0.111. The summed E-state index contributed by atoms with van der Waals surface area (Å²) in [4.78, 5) is 28.5. The van der Waals surface area contributed by atoms with Gasteiger partial charge < -0.3 is 5.11 Å². The Kier molecular flexibility index (Phi) is 5.32. The number of rotatable bonds is 2. The predicted molar refractivity (Wildman–Crippen MR) is 51.4 cm³/mol.